The molecule has 3 heterocycles. The van der Waals surface area contributed by atoms with E-state index in [0.717, 1.165) is 51.4 Å². The van der Waals surface area contributed by atoms with Crippen molar-refractivity contribution in [1.82, 2.24) is 4.90 Å². The summed E-state index contributed by atoms with van der Waals surface area (Å²) in [5.74, 6) is -0.769. The molecule has 0 radical (unpaired) electrons. The summed E-state index contributed by atoms with van der Waals surface area (Å²) in [6.07, 6.45) is 13.2. The van der Waals surface area contributed by atoms with E-state index in [0.29, 0.717) is 38.0 Å². The minimum Gasteiger partial charge on any atom is -0.511 e. The molecule has 0 aromatic rings. The average Bonchev–Trinajstić information content (AvgIpc) is 3.64. The van der Waals surface area contributed by atoms with Gasteiger partial charge in [0, 0.05) is 25.5 Å². The SMILES string of the molecule is CC(CCCCCCCCC/C=C/CC(O)CCCC(O)CCCCCO[C@@H]1O[C@H](CO)[C@@H](O)[C@H](O)[C@@H]1O)CC(C)/C(O)=C1\C(=O)[C@@H]2C[C@@H](O)CN2C1=O. The van der Waals surface area contributed by atoms with E-state index >= 15 is 0 Å². The van der Waals surface area contributed by atoms with Crippen LogP contribution in [0.1, 0.15) is 136 Å². The fourth-order valence-corrected chi connectivity index (χ4v) is 7.94. The number of hydrogen-bond donors (Lipinski definition) is 8. The van der Waals surface area contributed by atoms with Gasteiger partial charge in [-0.2, -0.15) is 0 Å². The Morgan fingerprint density at radius 1 is 0.815 bits per heavy atom. The highest BCUT2D eigenvalue weighted by atomic mass is 16.7. The quantitative estimate of drug-likeness (QED) is 0.0197. The van der Waals surface area contributed by atoms with Gasteiger partial charge in [-0.15, -0.1) is 0 Å². The number of Topliss-reactive ketones (excluding diaryl/α,β-unsaturated/α-hetero) is 1. The fourth-order valence-electron chi connectivity index (χ4n) is 7.94. The van der Waals surface area contributed by atoms with Gasteiger partial charge in [0.05, 0.1) is 31.0 Å². The summed E-state index contributed by atoms with van der Waals surface area (Å²) in [6, 6.07) is -0.625. The summed E-state index contributed by atoms with van der Waals surface area (Å²) in [6.45, 7) is 3.97. The Morgan fingerprint density at radius 3 is 2.15 bits per heavy atom. The van der Waals surface area contributed by atoms with Crippen LogP contribution in [-0.2, 0) is 19.1 Å². The smallest absolute Gasteiger partial charge is 0.261 e. The molecule has 3 saturated heterocycles. The zero-order valence-electron chi connectivity index (χ0n) is 32.7. The van der Waals surface area contributed by atoms with Crippen molar-refractivity contribution in [2.75, 3.05) is 19.8 Å². The predicted octanol–water partition coefficient (Wildman–Crippen LogP) is 3.73. The van der Waals surface area contributed by atoms with Gasteiger partial charge in [0.2, 0.25) is 0 Å². The molecule has 0 spiro atoms. The lowest BCUT2D eigenvalue weighted by molar-refractivity contribution is -0.301. The summed E-state index contributed by atoms with van der Waals surface area (Å²) < 4.78 is 10.8. The first-order valence-corrected chi connectivity index (χ1v) is 20.7. The standard InChI is InChI=1S/C41H71NO12/c1-27(23-28(2)35(47)34-36(48)32-24-31(46)25-42(32)40(34)52)17-12-9-7-5-3-4-6-8-10-13-18-29(44)20-16-21-30(45)19-14-11-15-22-53-41-39(51)38(50)37(49)33(26-43)54-41/h10,13,27-33,37-39,41,43-47,49-51H,3-9,11-12,14-26H2,1-2H3/b13-10+,35-34-/t27?,28?,29?,30?,31-,32+,33-,37-,38+,39+,41-/m1/s1. The number of allylic oxidation sites excluding steroid dienone is 2. The van der Waals surface area contributed by atoms with E-state index in [-0.39, 0.29) is 42.6 Å². The lowest BCUT2D eigenvalue weighted by atomic mass is 9.89. The average molecular weight is 770 g/mol. The third-order valence-corrected chi connectivity index (χ3v) is 11.3. The topological polar surface area (TPSA) is 218 Å². The highest BCUT2D eigenvalue weighted by Gasteiger charge is 2.50. The summed E-state index contributed by atoms with van der Waals surface area (Å²) in [4.78, 5) is 26.8. The van der Waals surface area contributed by atoms with E-state index in [1.54, 1.807) is 0 Å². The molecule has 13 nitrogen and oxygen atoms in total. The first kappa shape index (κ1) is 46.4. The van der Waals surface area contributed by atoms with Crippen molar-refractivity contribution in [3.8, 4) is 0 Å². The molecule has 0 aromatic carbocycles. The largest absolute Gasteiger partial charge is 0.511 e. The minimum absolute atomic E-state index is 0.0740. The Kier molecular flexibility index (Phi) is 21.2. The van der Waals surface area contributed by atoms with Gasteiger partial charge in [0.15, 0.2) is 12.1 Å². The molecule has 0 aromatic heterocycles. The third kappa shape index (κ3) is 14.9. The van der Waals surface area contributed by atoms with Gasteiger partial charge in [0.1, 0.15) is 35.7 Å². The van der Waals surface area contributed by atoms with Crippen LogP contribution in [0, 0.1) is 11.8 Å². The van der Waals surface area contributed by atoms with Gasteiger partial charge in [-0.25, -0.2) is 0 Å². The number of aliphatic hydroxyl groups excluding tert-OH is 8. The number of rotatable bonds is 27. The Labute approximate surface area is 322 Å². The molecule has 3 rings (SSSR count). The summed E-state index contributed by atoms with van der Waals surface area (Å²) in [7, 11) is 0. The van der Waals surface area contributed by atoms with E-state index < -0.39 is 67.6 Å². The zero-order chi connectivity index (χ0) is 39.6. The number of ketones is 1. The summed E-state index contributed by atoms with van der Waals surface area (Å²) in [5, 5.41) is 80.0. The predicted molar refractivity (Wildman–Crippen MR) is 203 cm³/mol. The van der Waals surface area contributed by atoms with E-state index in [1.165, 1.54) is 37.0 Å². The second kappa shape index (κ2) is 24.6. The van der Waals surface area contributed by atoms with Gasteiger partial charge >= 0.3 is 0 Å². The first-order valence-electron chi connectivity index (χ1n) is 20.7. The molecule has 0 aliphatic carbocycles. The maximum atomic E-state index is 12.7. The van der Waals surface area contributed by atoms with Crippen molar-refractivity contribution in [3.05, 3.63) is 23.5 Å². The second-order valence-electron chi connectivity index (χ2n) is 16.1. The normalized spacial score (nSPS) is 29.2. The van der Waals surface area contributed by atoms with Gasteiger partial charge in [-0.05, 0) is 63.7 Å². The van der Waals surface area contributed by atoms with Gasteiger partial charge in [-0.1, -0.05) is 83.8 Å². The van der Waals surface area contributed by atoms with Crippen LogP contribution in [0.15, 0.2) is 23.5 Å². The number of amides is 1. The molecule has 4 unspecified atom stereocenters. The van der Waals surface area contributed by atoms with Gasteiger partial charge in [-0.3, -0.25) is 9.59 Å². The monoisotopic (exact) mass is 769 g/mol. The fraction of sp³-hybridized carbons (Fsp3) is 0.854. The number of nitrogens with zero attached hydrogens (tertiary/aromatic N) is 1. The number of aliphatic hydroxyl groups is 8. The van der Waals surface area contributed by atoms with Crippen LogP contribution in [0.3, 0.4) is 0 Å². The Hall–Kier alpha value is -1.94. The van der Waals surface area contributed by atoms with Crippen molar-refractivity contribution in [2.24, 2.45) is 11.8 Å². The molecule has 11 atom stereocenters. The summed E-state index contributed by atoms with van der Waals surface area (Å²) in [5.41, 5.74) is -0.0740. The van der Waals surface area contributed by atoms with E-state index in [4.69, 9.17) is 9.47 Å². The number of hydrogen-bond acceptors (Lipinski definition) is 12. The number of carbonyl (C=O) groups excluding carboxylic acids is 2. The van der Waals surface area contributed by atoms with Crippen molar-refractivity contribution < 1.29 is 59.9 Å². The molecule has 0 bridgehead atoms. The van der Waals surface area contributed by atoms with Crippen molar-refractivity contribution in [1.29, 1.82) is 0 Å². The minimum atomic E-state index is -1.45. The van der Waals surface area contributed by atoms with Crippen LogP contribution in [0.25, 0.3) is 0 Å². The molecule has 8 N–H and O–H groups in total. The number of carbonyl (C=O) groups is 2. The number of unbranched alkanes of at least 4 members (excludes halogenated alkanes) is 9. The van der Waals surface area contributed by atoms with E-state index in [2.05, 4.69) is 19.1 Å². The zero-order valence-corrected chi connectivity index (χ0v) is 32.7. The van der Waals surface area contributed by atoms with Crippen LogP contribution in [-0.4, -0.2) is 132 Å². The van der Waals surface area contributed by atoms with Crippen LogP contribution >= 0.6 is 0 Å². The number of fused-ring (bicyclic) bond motifs is 1. The number of ether oxygens (including phenoxy) is 2. The molecule has 54 heavy (non-hydrogen) atoms. The molecule has 0 saturated carbocycles. The van der Waals surface area contributed by atoms with E-state index in [9.17, 15) is 50.4 Å². The van der Waals surface area contributed by atoms with Crippen molar-refractivity contribution in [3.63, 3.8) is 0 Å². The highest BCUT2D eigenvalue weighted by Crippen LogP contribution is 2.34. The van der Waals surface area contributed by atoms with E-state index in [1.807, 2.05) is 6.92 Å². The third-order valence-electron chi connectivity index (χ3n) is 11.3. The Morgan fingerprint density at radius 2 is 1.44 bits per heavy atom. The lowest BCUT2D eigenvalue weighted by Crippen LogP contribution is -2.59. The lowest BCUT2D eigenvalue weighted by Gasteiger charge is -2.39. The molecule has 312 valence electrons. The van der Waals surface area contributed by atoms with Crippen LogP contribution in [0.5, 0.6) is 0 Å². The van der Waals surface area contributed by atoms with Gasteiger partial charge < -0.3 is 55.2 Å². The second-order valence-corrected chi connectivity index (χ2v) is 16.1. The molecule has 3 aliphatic heterocycles. The van der Waals surface area contributed by atoms with Crippen LogP contribution in [0.4, 0.5) is 0 Å². The molecular weight excluding hydrogens is 698 g/mol. The maximum absolute atomic E-state index is 12.7. The Balaban J connectivity index is 1.09. The Bertz CT molecular complexity index is 1140. The highest BCUT2D eigenvalue weighted by molar-refractivity contribution is 6.27. The first-order chi connectivity index (χ1) is 25.8. The molecule has 3 aliphatic rings. The van der Waals surface area contributed by atoms with Crippen LogP contribution < -0.4 is 0 Å². The molecule has 3 fully saturated rings. The maximum Gasteiger partial charge on any atom is 0.261 e. The molecule has 1 amide bonds. The van der Waals surface area contributed by atoms with Crippen LogP contribution in [0.2, 0.25) is 0 Å². The van der Waals surface area contributed by atoms with Crippen molar-refractivity contribution in [2.45, 2.75) is 191 Å². The summed E-state index contributed by atoms with van der Waals surface area (Å²) >= 11 is 0. The molecule has 13 heteroatoms. The van der Waals surface area contributed by atoms with Crippen molar-refractivity contribution >= 4 is 11.7 Å². The van der Waals surface area contributed by atoms with Gasteiger partial charge in [0.25, 0.3) is 5.91 Å². The molecular formula is C41H71NO12.